The van der Waals surface area contributed by atoms with Crippen molar-refractivity contribution in [2.45, 2.75) is 130 Å². The van der Waals surface area contributed by atoms with Gasteiger partial charge >= 0.3 is 0 Å². The van der Waals surface area contributed by atoms with E-state index in [4.69, 9.17) is 14.2 Å². The van der Waals surface area contributed by atoms with Crippen molar-refractivity contribution in [2.75, 3.05) is 13.2 Å². The van der Waals surface area contributed by atoms with Crippen molar-refractivity contribution in [1.29, 1.82) is 0 Å². The van der Waals surface area contributed by atoms with Gasteiger partial charge in [0.15, 0.2) is 0 Å². The molecule has 0 rings (SSSR count). The summed E-state index contributed by atoms with van der Waals surface area (Å²) in [7, 11) is 0. The fourth-order valence-corrected chi connectivity index (χ4v) is 3.01. The lowest BCUT2D eigenvalue weighted by Gasteiger charge is -2.33. The number of aliphatic hydroxyl groups excluding tert-OH is 2. The Labute approximate surface area is 167 Å². The Morgan fingerprint density at radius 2 is 1.04 bits per heavy atom. The summed E-state index contributed by atoms with van der Waals surface area (Å²) in [6, 6.07) is 0. The van der Waals surface area contributed by atoms with Crippen molar-refractivity contribution in [1.82, 2.24) is 0 Å². The fourth-order valence-electron chi connectivity index (χ4n) is 3.01. The van der Waals surface area contributed by atoms with Gasteiger partial charge in [0.05, 0.1) is 36.6 Å². The van der Waals surface area contributed by atoms with Crippen LogP contribution in [-0.4, -0.2) is 60.1 Å². The second-order valence-corrected chi connectivity index (χ2v) is 7.71. The van der Waals surface area contributed by atoms with E-state index >= 15 is 0 Å². The van der Waals surface area contributed by atoms with Crippen LogP contribution >= 0.6 is 0 Å². The van der Waals surface area contributed by atoms with E-state index in [0.29, 0.717) is 25.7 Å². The smallest absolute Gasteiger partial charge is 0.0863 e. The van der Waals surface area contributed by atoms with Crippen molar-refractivity contribution in [3.8, 4) is 0 Å². The number of hydrogen-bond acceptors (Lipinski definition) is 5. The normalized spacial score (nSPS) is 18.7. The quantitative estimate of drug-likeness (QED) is 0.338. The third kappa shape index (κ3) is 12.8. The van der Waals surface area contributed by atoms with E-state index in [1.807, 2.05) is 27.7 Å². The number of ether oxygens (including phenoxy) is 3. The number of aliphatic hydroxyl groups is 2. The monoisotopic (exact) mass is 390 g/mol. The molecule has 0 heterocycles. The molecule has 0 radical (unpaired) electrons. The summed E-state index contributed by atoms with van der Waals surface area (Å²) in [6.45, 7) is 13.7. The van der Waals surface area contributed by atoms with Crippen molar-refractivity contribution < 1.29 is 24.4 Å². The maximum atomic E-state index is 10.5. The van der Waals surface area contributed by atoms with Crippen molar-refractivity contribution in [2.24, 2.45) is 0 Å². The predicted octanol–water partition coefficient (Wildman–Crippen LogP) is 4.47. The Bertz CT molecular complexity index is 296. The molecule has 2 N–H and O–H groups in total. The van der Waals surface area contributed by atoms with Gasteiger partial charge in [0.2, 0.25) is 0 Å². The van der Waals surface area contributed by atoms with E-state index < -0.39 is 12.2 Å². The van der Waals surface area contributed by atoms with E-state index in [0.717, 1.165) is 38.9 Å². The molecule has 0 bridgehead atoms. The largest absolute Gasteiger partial charge is 0.390 e. The van der Waals surface area contributed by atoms with E-state index in [1.54, 1.807) is 0 Å². The lowest BCUT2D eigenvalue weighted by molar-refractivity contribution is -0.144. The SMILES string of the molecule is CCCCOC(C)CC(OC(CC(C)OCCCC)C(O)CC)C(O)CC. The molecule has 27 heavy (non-hydrogen) atoms. The molecule has 0 aliphatic heterocycles. The molecule has 0 fully saturated rings. The molecule has 5 nitrogen and oxygen atoms in total. The molecule has 6 atom stereocenters. The van der Waals surface area contributed by atoms with Gasteiger partial charge in [-0.05, 0) is 39.5 Å². The molecule has 6 unspecified atom stereocenters. The van der Waals surface area contributed by atoms with Gasteiger partial charge in [-0.1, -0.05) is 40.5 Å². The standard InChI is InChI=1S/C22H46O5/c1-7-11-13-25-17(5)15-21(19(23)9-3)27-22(20(24)10-4)16-18(6)26-14-12-8-2/h17-24H,7-16H2,1-6H3. The molecule has 0 saturated heterocycles. The van der Waals surface area contributed by atoms with Gasteiger partial charge in [0.25, 0.3) is 0 Å². The summed E-state index contributed by atoms with van der Waals surface area (Å²) < 4.78 is 17.9. The molecule has 0 amide bonds. The minimum atomic E-state index is -0.565. The highest BCUT2D eigenvalue weighted by atomic mass is 16.5. The zero-order valence-electron chi connectivity index (χ0n) is 18.7. The Kier molecular flexibility index (Phi) is 16.6. The third-order valence-electron chi connectivity index (χ3n) is 4.97. The second kappa shape index (κ2) is 16.7. The van der Waals surface area contributed by atoms with Crippen LogP contribution in [0, 0.1) is 0 Å². The maximum absolute atomic E-state index is 10.5. The van der Waals surface area contributed by atoms with Crippen molar-refractivity contribution in [3.63, 3.8) is 0 Å². The number of unbranched alkanes of at least 4 members (excludes halogenated alkanes) is 2. The number of hydrogen-bond donors (Lipinski definition) is 2. The van der Waals surface area contributed by atoms with E-state index in [1.165, 1.54) is 0 Å². The molecule has 0 aromatic rings. The maximum Gasteiger partial charge on any atom is 0.0863 e. The molecular formula is C22H46O5. The molecular weight excluding hydrogens is 344 g/mol. The summed E-state index contributed by atoms with van der Waals surface area (Å²) in [4.78, 5) is 0. The van der Waals surface area contributed by atoms with Crippen LogP contribution in [0.15, 0.2) is 0 Å². The van der Waals surface area contributed by atoms with Crippen molar-refractivity contribution in [3.05, 3.63) is 0 Å². The van der Waals surface area contributed by atoms with Crippen LogP contribution in [0.5, 0.6) is 0 Å². The lowest BCUT2D eigenvalue weighted by Crippen LogP contribution is -2.41. The molecule has 0 saturated carbocycles. The second-order valence-electron chi connectivity index (χ2n) is 7.71. The highest BCUT2D eigenvalue weighted by Gasteiger charge is 2.29. The van der Waals surface area contributed by atoms with Crippen LogP contribution in [0.1, 0.15) is 92.9 Å². The Balaban J connectivity index is 4.82. The highest BCUT2D eigenvalue weighted by molar-refractivity contribution is 4.78. The molecule has 0 aliphatic rings. The van der Waals surface area contributed by atoms with Gasteiger partial charge in [-0.3, -0.25) is 0 Å². The van der Waals surface area contributed by atoms with Gasteiger partial charge < -0.3 is 24.4 Å². The molecule has 0 aliphatic carbocycles. The minimum Gasteiger partial charge on any atom is -0.390 e. The van der Waals surface area contributed by atoms with Crippen molar-refractivity contribution >= 4 is 0 Å². The van der Waals surface area contributed by atoms with Crippen LogP contribution in [0.25, 0.3) is 0 Å². The van der Waals surface area contributed by atoms with Gasteiger partial charge in [-0.2, -0.15) is 0 Å². The first-order valence-corrected chi connectivity index (χ1v) is 11.1. The Morgan fingerprint density at radius 1 is 0.667 bits per heavy atom. The van der Waals surface area contributed by atoms with E-state index in [-0.39, 0.29) is 24.4 Å². The van der Waals surface area contributed by atoms with E-state index in [9.17, 15) is 10.2 Å². The van der Waals surface area contributed by atoms with Crippen LogP contribution in [0.2, 0.25) is 0 Å². The average molecular weight is 391 g/mol. The predicted molar refractivity (Wildman–Crippen MR) is 111 cm³/mol. The molecule has 0 aromatic heterocycles. The fraction of sp³-hybridized carbons (Fsp3) is 1.00. The molecule has 0 spiro atoms. The van der Waals surface area contributed by atoms with Crippen LogP contribution in [0.3, 0.4) is 0 Å². The van der Waals surface area contributed by atoms with Crippen LogP contribution < -0.4 is 0 Å². The highest BCUT2D eigenvalue weighted by Crippen LogP contribution is 2.21. The minimum absolute atomic E-state index is 0.0143. The first kappa shape index (κ1) is 26.8. The molecule has 0 aromatic carbocycles. The van der Waals surface area contributed by atoms with Gasteiger partial charge in [-0.25, -0.2) is 0 Å². The first-order valence-electron chi connectivity index (χ1n) is 11.1. The number of rotatable bonds is 18. The Hall–Kier alpha value is -0.200. The summed E-state index contributed by atoms with van der Waals surface area (Å²) in [5, 5.41) is 20.9. The topological polar surface area (TPSA) is 68.2 Å². The van der Waals surface area contributed by atoms with Crippen LogP contribution in [-0.2, 0) is 14.2 Å². The van der Waals surface area contributed by atoms with Gasteiger partial charge in [0.1, 0.15) is 0 Å². The van der Waals surface area contributed by atoms with Gasteiger partial charge in [0, 0.05) is 26.1 Å². The summed E-state index contributed by atoms with van der Waals surface area (Å²) >= 11 is 0. The average Bonchev–Trinajstić information content (AvgIpc) is 2.65. The van der Waals surface area contributed by atoms with Gasteiger partial charge in [-0.15, -0.1) is 0 Å². The third-order valence-corrected chi connectivity index (χ3v) is 4.97. The summed E-state index contributed by atoms with van der Waals surface area (Å²) in [6.07, 6.45) is 4.96. The van der Waals surface area contributed by atoms with E-state index in [2.05, 4.69) is 13.8 Å². The zero-order chi connectivity index (χ0) is 20.7. The molecule has 164 valence electrons. The first-order chi connectivity index (χ1) is 12.9. The zero-order valence-corrected chi connectivity index (χ0v) is 18.7. The lowest BCUT2D eigenvalue weighted by atomic mass is 10.0. The molecule has 5 heteroatoms. The summed E-state index contributed by atoms with van der Waals surface area (Å²) in [5.41, 5.74) is 0. The summed E-state index contributed by atoms with van der Waals surface area (Å²) in [5.74, 6) is 0. The van der Waals surface area contributed by atoms with Crippen LogP contribution in [0.4, 0.5) is 0 Å². The Morgan fingerprint density at radius 3 is 1.33 bits per heavy atom.